The van der Waals surface area contributed by atoms with Crippen LogP contribution in [0.1, 0.15) is 36.6 Å². The molecule has 4 rings (SSSR count). The Kier molecular flexibility index (Phi) is 11.5. The monoisotopic (exact) mass is 667 g/mol. The van der Waals surface area contributed by atoms with Crippen LogP contribution in [0.3, 0.4) is 0 Å². The van der Waals surface area contributed by atoms with Gasteiger partial charge in [-0.3, -0.25) is 14.9 Å². The van der Waals surface area contributed by atoms with Gasteiger partial charge in [-0.2, -0.15) is 5.10 Å². The molecule has 0 unspecified atom stereocenters. The Morgan fingerprint density at radius 1 is 1.13 bits per heavy atom. The minimum absolute atomic E-state index is 0.0186. The zero-order chi connectivity index (χ0) is 33.2. The fourth-order valence-corrected chi connectivity index (χ4v) is 5.03. The highest BCUT2D eigenvalue weighted by Gasteiger charge is 2.32. The number of ether oxygens (including phenoxy) is 4. The molecule has 13 nitrogen and oxygen atoms in total. The summed E-state index contributed by atoms with van der Waals surface area (Å²) in [4.78, 5) is 35.9. The van der Waals surface area contributed by atoms with E-state index >= 15 is 0 Å². The van der Waals surface area contributed by atoms with Gasteiger partial charge in [-0.05, 0) is 55.4 Å². The highest BCUT2D eigenvalue weighted by atomic mass is 35.5. The molecule has 3 N–H and O–H groups in total. The zero-order valence-electron chi connectivity index (χ0n) is 25.0. The summed E-state index contributed by atoms with van der Waals surface area (Å²) in [7, 11) is 1.43. The van der Waals surface area contributed by atoms with E-state index < -0.39 is 22.8 Å². The van der Waals surface area contributed by atoms with Gasteiger partial charge in [-0.1, -0.05) is 41.9 Å². The van der Waals surface area contributed by atoms with E-state index in [2.05, 4.69) is 21.2 Å². The Hall–Kier alpha value is -5.21. The van der Waals surface area contributed by atoms with Crippen LogP contribution in [0.4, 0.5) is 5.69 Å². The van der Waals surface area contributed by atoms with Crippen molar-refractivity contribution in [3.63, 3.8) is 0 Å². The molecule has 3 aromatic carbocycles. The number of nitrogens with zero attached hydrogens (tertiary/aromatic N) is 2. The highest BCUT2D eigenvalue weighted by Crippen LogP contribution is 2.37. The Labute approximate surface area is 274 Å². The summed E-state index contributed by atoms with van der Waals surface area (Å²) >= 11 is 11.7. The van der Waals surface area contributed by atoms with Crippen molar-refractivity contribution >= 4 is 52.7 Å². The first-order valence-electron chi connectivity index (χ1n) is 13.8. The number of nitrogens with one attached hydrogen (secondary N) is 3. The van der Waals surface area contributed by atoms with Crippen molar-refractivity contribution in [2.45, 2.75) is 26.5 Å². The lowest BCUT2D eigenvalue weighted by Crippen LogP contribution is -2.45. The van der Waals surface area contributed by atoms with Crippen LogP contribution in [-0.4, -0.2) is 48.5 Å². The Morgan fingerprint density at radius 2 is 1.91 bits per heavy atom. The molecule has 0 saturated heterocycles. The number of amides is 1. The van der Waals surface area contributed by atoms with E-state index in [1.165, 1.54) is 25.5 Å². The Morgan fingerprint density at radius 3 is 2.65 bits per heavy atom. The number of rotatable bonds is 13. The van der Waals surface area contributed by atoms with E-state index in [9.17, 15) is 19.7 Å². The minimum atomic E-state index is -0.664. The first-order valence-corrected chi connectivity index (χ1v) is 14.6. The molecule has 0 aliphatic carbocycles. The number of hydrogen-bond donors (Lipinski definition) is 3. The van der Waals surface area contributed by atoms with E-state index in [4.69, 9.17) is 42.8 Å². The van der Waals surface area contributed by atoms with Crippen molar-refractivity contribution in [3.8, 4) is 17.2 Å². The van der Waals surface area contributed by atoms with Crippen molar-refractivity contribution in [2.75, 3.05) is 20.3 Å². The molecule has 0 fully saturated rings. The third-order valence-corrected chi connectivity index (χ3v) is 7.01. The fraction of sp³-hybridized carbons (Fsp3) is 0.226. The van der Waals surface area contributed by atoms with E-state index in [-0.39, 0.29) is 36.3 Å². The van der Waals surface area contributed by atoms with Crippen molar-refractivity contribution in [1.29, 1.82) is 0 Å². The molecule has 1 aliphatic rings. The standard InChI is InChI=1S/C31H30ClN5O8S/c1-4-43-30(39)27-18(2)34-31(46)35-28(27)22-10-5-6-11-24(22)44-17-26(38)36-33-15-20-13-23(32)29(25(14-20)42-3)45-16-19-8-7-9-21(12-19)37(40)41/h5-15,28H,4,16-17H2,1-3H3,(H,36,38)(H2,34,35,46)/t28-/m0/s1. The predicted octanol–water partition coefficient (Wildman–Crippen LogP) is 4.72. The van der Waals surface area contributed by atoms with Crippen LogP contribution in [0.15, 0.2) is 77.0 Å². The molecule has 1 amide bonds. The van der Waals surface area contributed by atoms with Crippen LogP contribution in [0.5, 0.6) is 17.2 Å². The number of hydrazone groups is 1. The van der Waals surface area contributed by atoms with Gasteiger partial charge < -0.3 is 29.6 Å². The summed E-state index contributed by atoms with van der Waals surface area (Å²) in [6, 6.07) is 15.5. The summed E-state index contributed by atoms with van der Waals surface area (Å²) in [6.45, 7) is 3.28. The van der Waals surface area contributed by atoms with E-state index in [1.54, 1.807) is 62.4 Å². The van der Waals surface area contributed by atoms with Gasteiger partial charge in [0.05, 0.1) is 41.5 Å². The number of hydrogen-bond acceptors (Lipinski definition) is 10. The molecular formula is C31H30ClN5O8S. The van der Waals surface area contributed by atoms with Crippen LogP contribution in [0, 0.1) is 10.1 Å². The van der Waals surface area contributed by atoms with Crippen LogP contribution in [0.25, 0.3) is 0 Å². The molecule has 15 heteroatoms. The molecule has 0 spiro atoms. The summed E-state index contributed by atoms with van der Waals surface area (Å²) in [5.41, 5.74) is 4.89. The number of carbonyl (C=O) groups is 2. The molecule has 1 heterocycles. The molecule has 0 bridgehead atoms. The summed E-state index contributed by atoms with van der Waals surface area (Å²) in [5.74, 6) is -0.164. The highest BCUT2D eigenvalue weighted by molar-refractivity contribution is 7.80. The molecule has 0 saturated carbocycles. The summed E-state index contributed by atoms with van der Waals surface area (Å²) in [6.07, 6.45) is 1.36. The van der Waals surface area contributed by atoms with Crippen LogP contribution >= 0.6 is 23.8 Å². The number of allylic oxidation sites excluding steroid dienone is 1. The van der Waals surface area contributed by atoms with Gasteiger partial charge in [0, 0.05) is 23.4 Å². The first-order chi connectivity index (χ1) is 22.1. The number of benzene rings is 3. The largest absolute Gasteiger partial charge is 0.493 e. The third kappa shape index (κ3) is 8.49. The van der Waals surface area contributed by atoms with Crippen molar-refractivity contribution < 1.29 is 33.5 Å². The SMILES string of the molecule is CCOC(=O)C1=C(C)NC(=S)N[C@H]1c1ccccc1OCC(=O)NN=Cc1cc(Cl)c(OCc2cccc([N+](=O)[O-])c2)c(OC)c1. The van der Waals surface area contributed by atoms with Gasteiger partial charge in [0.15, 0.2) is 23.2 Å². The number of non-ortho nitro benzene ring substituents is 1. The molecule has 46 heavy (non-hydrogen) atoms. The number of thiocarbonyl (C=S) groups is 1. The Balaban J connectivity index is 1.39. The van der Waals surface area contributed by atoms with Gasteiger partial charge in [0.1, 0.15) is 12.4 Å². The number of esters is 1. The normalized spacial score (nSPS) is 14.3. The maximum absolute atomic E-state index is 12.7. The maximum Gasteiger partial charge on any atom is 0.338 e. The molecule has 0 radical (unpaired) electrons. The average molecular weight is 668 g/mol. The van der Waals surface area contributed by atoms with Crippen molar-refractivity contribution in [1.82, 2.24) is 16.1 Å². The predicted molar refractivity (Wildman–Crippen MR) is 174 cm³/mol. The second-order valence-corrected chi connectivity index (χ2v) is 10.5. The van der Waals surface area contributed by atoms with Gasteiger partial charge in [0.25, 0.3) is 11.6 Å². The summed E-state index contributed by atoms with van der Waals surface area (Å²) < 4.78 is 22.3. The summed E-state index contributed by atoms with van der Waals surface area (Å²) in [5, 5.41) is 21.6. The number of nitro groups is 1. The van der Waals surface area contributed by atoms with Crippen molar-refractivity contribution in [3.05, 3.63) is 104 Å². The molecule has 0 aromatic heterocycles. The number of para-hydroxylation sites is 1. The first kappa shape index (κ1) is 33.7. The quantitative estimate of drug-likeness (QED) is 0.0760. The third-order valence-electron chi connectivity index (χ3n) is 6.51. The lowest BCUT2D eigenvalue weighted by Gasteiger charge is -2.30. The van der Waals surface area contributed by atoms with Gasteiger partial charge in [0.2, 0.25) is 0 Å². The molecular weight excluding hydrogens is 638 g/mol. The second kappa shape index (κ2) is 15.7. The van der Waals surface area contributed by atoms with E-state index in [1.807, 2.05) is 0 Å². The van der Waals surface area contributed by atoms with Crippen LogP contribution in [0.2, 0.25) is 5.02 Å². The number of nitro benzene ring substituents is 1. The number of methoxy groups -OCH3 is 1. The topological polar surface area (TPSA) is 163 Å². The van der Waals surface area contributed by atoms with E-state index in [0.717, 1.165) is 0 Å². The minimum Gasteiger partial charge on any atom is -0.493 e. The Bertz CT molecular complexity index is 1710. The molecule has 1 aliphatic heterocycles. The lowest BCUT2D eigenvalue weighted by molar-refractivity contribution is -0.384. The van der Waals surface area contributed by atoms with Gasteiger partial charge in [-0.25, -0.2) is 10.2 Å². The zero-order valence-corrected chi connectivity index (χ0v) is 26.6. The lowest BCUT2D eigenvalue weighted by atomic mass is 9.95. The van der Waals surface area contributed by atoms with Gasteiger partial charge in [-0.15, -0.1) is 0 Å². The van der Waals surface area contributed by atoms with Crippen molar-refractivity contribution in [2.24, 2.45) is 5.10 Å². The molecule has 3 aromatic rings. The van der Waals surface area contributed by atoms with E-state index in [0.29, 0.717) is 44.6 Å². The molecule has 1 atom stereocenters. The van der Waals surface area contributed by atoms with Crippen LogP contribution in [-0.2, 0) is 20.9 Å². The average Bonchev–Trinajstić information content (AvgIpc) is 3.03. The second-order valence-electron chi connectivity index (χ2n) is 9.66. The smallest absolute Gasteiger partial charge is 0.338 e. The molecule has 240 valence electrons. The number of carbonyl (C=O) groups excluding carboxylic acids is 2. The van der Waals surface area contributed by atoms with Crippen LogP contribution < -0.4 is 30.3 Å². The van der Waals surface area contributed by atoms with Gasteiger partial charge >= 0.3 is 5.97 Å². The fourth-order valence-electron chi connectivity index (χ4n) is 4.48. The maximum atomic E-state index is 12.7. The number of halogens is 1.